The van der Waals surface area contributed by atoms with Gasteiger partial charge < -0.3 is 24.4 Å². The van der Waals surface area contributed by atoms with Crippen LogP contribution in [0.4, 0.5) is 0 Å². The predicted molar refractivity (Wildman–Crippen MR) is 138 cm³/mol. The fourth-order valence-electron chi connectivity index (χ4n) is 4.32. The van der Waals surface area contributed by atoms with E-state index in [4.69, 9.17) is 9.47 Å². The molecule has 1 heterocycles. The SMILES string of the molecule is COc1ccc(C(O)=C2C(=O)C(=O)N(CCN(C)C)[C@H]2c2cccc(Oc3ccccc3)c2)cc1C. The second kappa shape index (κ2) is 10.7. The second-order valence-corrected chi connectivity index (χ2v) is 8.97. The zero-order valence-electron chi connectivity index (χ0n) is 20.9. The first kappa shape index (κ1) is 25.0. The van der Waals surface area contributed by atoms with Crippen LogP contribution < -0.4 is 9.47 Å². The van der Waals surface area contributed by atoms with E-state index in [1.54, 1.807) is 31.4 Å². The number of likely N-dealkylation sites (N-methyl/N-ethyl adjacent to an activating group) is 1. The summed E-state index contributed by atoms with van der Waals surface area (Å²) in [5.74, 6) is 0.343. The number of aryl methyl sites for hydroxylation is 1. The molecule has 1 aliphatic rings. The number of likely N-dealkylation sites (tertiary alicyclic amines) is 1. The summed E-state index contributed by atoms with van der Waals surface area (Å²) in [6, 6.07) is 21.0. The molecular weight excluding hydrogens is 456 g/mol. The lowest BCUT2D eigenvalue weighted by molar-refractivity contribution is -0.140. The van der Waals surface area contributed by atoms with Crippen LogP contribution in [0, 0.1) is 6.92 Å². The van der Waals surface area contributed by atoms with Crippen LogP contribution in [0.5, 0.6) is 17.2 Å². The topological polar surface area (TPSA) is 79.3 Å². The Labute approximate surface area is 211 Å². The van der Waals surface area contributed by atoms with Crippen LogP contribution in [-0.4, -0.2) is 60.9 Å². The van der Waals surface area contributed by atoms with Crippen LogP contribution >= 0.6 is 0 Å². The molecule has 0 spiro atoms. The van der Waals surface area contributed by atoms with Crippen molar-refractivity contribution in [1.29, 1.82) is 0 Å². The normalized spacial score (nSPS) is 17.0. The Hall–Kier alpha value is -4.10. The fourth-order valence-corrected chi connectivity index (χ4v) is 4.32. The fraction of sp³-hybridized carbons (Fsp3) is 0.241. The molecule has 186 valence electrons. The smallest absolute Gasteiger partial charge is 0.295 e. The number of hydrogen-bond acceptors (Lipinski definition) is 6. The number of carbonyl (C=O) groups is 2. The van der Waals surface area contributed by atoms with Crippen LogP contribution in [0.2, 0.25) is 0 Å². The van der Waals surface area contributed by atoms with Gasteiger partial charge in [0.05, 0.1) is 18.7 Å². The van der Waals surface area contributed by atoms with E-state index in [-0.39, 0.29) is 11.3 Å². The molecule has 1 saturated heterocycles. The molecule has 0 unspecified atom stereocenters. The average Bonchev–Trinajstić information content (AvgIpc) is 3.12. The number of rotatable bonds is 8. The number of Topliss-reactive ketones (excluding diaryl/α,β-unsaturated/α-hetero) is 1. The Balaban J connectivity index is 1.81. The maximum Gasteiger partial charge on any atom is 0.295 e. The van der Waals surface area contributed by atoms with Crippen molar-refractivity contribution in [3.63, 3.8) is 0 Å². The molecule has 0 saturated carbocycles. The van der Waals surface area contributed by atoms with E-state index < -0.39 is 17.7 Å². The largest absolute Gasteiger partial charge is 0.507 e. The van der Waals surface area contributed by atoms with E-state index in [0.717, 1.165) is 5.56 Å². The molecule has 0 aliphatic carbocycles. The first-order chi connectivity index (χ1) is 17.3. The first-order valence-corrected chi connectivity index (χ1v) is 11.7. The molecule has 1 N–H and O–H groups in total. The van der Waals surface area contributed by atoms with Gasteiger partial charge in [0.25, 0.3) is 11.7 Å². The minimum atomic E-state index is -0.758. The van der Waals surface area contributed by atoms with Gasteiger partial charge in [-0.1, -0.05) is 30.3 Å². The summed E-state index contributed by atoms with van der Waals surface area (Å²) in [5.41, 5.74) is 1.98. The highest BCUT2D eigenvalue weighted by atomic mass is 16.5. The van der Waals surface area contributed by atoms with Crippen molar-refractivity contribution in [3.05, 3.63) is 95.1 Å². The molecule has 3 aromatic rings. The lowest BCUT2D eigenvalue weighted by Gasteiger charge is -2.27. The maximum absolute atomic E-state index is 13.3. The molecule has 1 atom stereocenters. The summed E-state index contributed by atoms with van der Waals surface area (Å²) in [5, 5.41) is 11.3. The summed E-state index contributed by atoms with van der Waals surface area (Å²) in [6.07, 6.45) is 0. The van der Waals surface area contributed by atoms with Gasteiger partial charge >= 0.3 is 0 Å². The first-order valence-electron chi connectivity index (χ1n) is 11.7. The van der Waals surface area contributed by atoms with E-state index in [1.165, 1.54) is 4.90 Å². The second-order valence-electron chi connectivity index (χ2n) is 8.97. The predicted octanol–water partition coefficient (Wildman–Crippen LogP) is 4.78. The van der Waals surface area contributed by atoms with Gasteiger partial charge in [0.2, 0.25) is 0 Å². The molecule has 1 amide bonds. The van der Waals surface area contributed by atoms with Crippen molar-refractivity contribution in [3.8, 4) is 17.2 Å². The van der Waals surface area contributed by atoms with E-state index in [2.05, 4.69) is 0 Å². The minimum Gasteiger partial charge on any atom is -0.507 e. The number of amides is 1. The maximum atomic E-state index is 13.3. The number of para-hydroxylation sites is 1. The quantitative estimate of drug-likeness (QED) is 0.281. The summed E-state index contributed by atoms with van der Waals surface area (Å²) < 4.78 is 11.3. The molecular formula is C29H30N2O5. The number of carbonyl (C=O) groups excluding carboxylic acids is 2. The van der Waals surface area contributed by atoms with E-state index >= 15 is 0 Å². The van der Waals surface area contributed by atoms with Crippen LogP contribution in [0.15, 0.2) is 78.4 Å². The third-order valence-corrected chi connectivity index (χ3v) is 6.15. The molecule has 7 nitrogen and oxygen atoms in total. The third-order valence-electron chi connectivity index (χ3n) is 6.15. The number of hydrogen-bond donors (Lipinski definition) is 1. The van der Waals surface area contributed by atoms with E-state index in [1.807, 2.05) is 74.4 Å². The Kier molecular flexibility index (Phi) is 7.41. The zero-order valence-corrected chi connectivity index (χ0v) is 20.9. The zero-order chi connectivity index (χ0) is 25.8. The van der Waals surface area contributed by atoms with Crippen molar-refractivity contribution in [1.82, 2.24) is 9.80 Å². The molecule has 7 heteroatoms. The molecule has 0 aromatic heterocycles. The lowest BCUT2D eigenvalue weighted by Crippen LogP contribution is -2.35. The van der Waals surface area contributed by atoms with Crippen LogP contribution in [0.25, 0.3) is 5.76 Å². The third kappa shape index (κ3) is 5.11. The number of ether oxygens (including phenoxy) is 2. The number of methoxy groups -OCH3 is 1. The molecule has 4 rings (SSSR count). The molecule has 1 fully saturated rings. The molecule has 0 bridgehead atoms. The van der Waals surface area contributed by atoms with Gasteiger partial charge in [-0.25, -0.2) is 0 Å². The number of nitrogens with zero attached hydrogens (tertiary/aromatic N) is 2. The molecule has 1 aliphatic heterocycles. The van der Waals surface area contributed by atoms with Crippen LogP contribution in [0.3, 0.4) is 0 Å². The lowest BCUT2D eigenvalue weighted by atomic mass is 9.94. The van der Waals surface area contributed by atoms with Crippen molar-refractivity contribution in [2.75, 3.05) is 34.3 Å². The van der Waals surface area contributed by atoms with Gasteiger partial charge in [-0.15, -0.1) is 0 Å². The van der Waals surface area contributed by atoms with Gasteiger partial charge in [0.15, 0.2) is 0 Å². The van der Waals surface area contributed by atoms with E-state index in [0.29, 0.717) is 41.5 Å². The number of benzene rings is 3. The van der Waals surface area contributed by atoms with Crippen molar-refractivity contribution in [2.24, 2.45) is 0 Å². The standard InChI is InChI=1S/C29H30N2O5/c1-19-17-21(13-14-24(19)35-4)27(32)25-26(31(16-15-30(2)3)29(34)28(25)33)20-9-8-12-23(18-20)36-22-10-6-5-7-11-22/h5-14,17-18,26,32H,15-16H2,1-4H3/t26-/m0/s1. The van der Waals surface area contributed by atoms with Gasteiger partial charge in [-0.2, -0.15) is 0 Å². The van der Waals surface area contributed by atoms with Crippen LogP contribution in [0.1, 0.15) is 22.7 Å². The Morgan fingerprint density at radius 2 is 1.69 bits per heavy atom. The van der Waals surface area contributed by atoms with Crippen molar-refractivity contribution >= 4 is 17.4 Å². The summed E-state index contributed by atoms with van der Waals surface area (Å²) >= 11 is 0. The number of aliphatic hydroxyl groups is 1. The monoisotopic (exact) mass is 486 g/mol. The molecule has 36 heavy (non-hydrogen) atoms. The Morgan fingerprint density at radius 3 is 2.36 bits per heavy atom. The van der Waals surface area contributed by atoms with Crippen molar-refractivity contribution in [2.45, 2.75) is 13.0 Å². The molecule has 3 aromatic carbocycles. The summed E-state index contributed by atoms with van der Waals surface area (Å²) in [4.78, 5) is 29.9. The van der Waals surface area contributed by atoms with E-state index in [9.17, 15) is 14.7 Å². The van der Waals surface area contributed by atoms with Gasteiger partial charge in [-0.3, -0.25) is 9.59 Å². The van der Waals surface area contributed by atoms with Gasteiger partial charge in [0, 0.05) is 18.7 Å². The van der Waals surface area contributed by atoms with Gasteiger partial charge in [0.1, 0.15) is 23.0 Å². The highest BCUT2D eigenvalue weighted by Crippen LogP contribution is 2.41. The highest BCUT2D eigenvalue weighted by molar-refractivity contribution is 6.46. The summed E-state index contributed by atoms with van der Waals surface area (Å²) in [6.45, 7) is 2.74. The average molecular weight is 487 g/mol. The Morgan fingerprint density at radius 1 is 0.972 bits per heavy atom. The minimum absolute atomic E-state index is 0.0557. The Bertz CT molecular complexity index is 1300. The highest BCUT2D eigenvalue weighted by Gasteiger charge is 2.46. The number of aliphatic hydroxyl groups excluding tert-OH is 1. The number of ketones is 1. The van der Waals surface area contributed by atoms with Crippen LogP contribution in [-0.2, 0) is 9.59 Å². The summed E-state index contributed by atoms with van der Waals surface area (Å²) in [7, 11) is 5.38. The van der Waals surface area contributed by atoms with Crippen molar-refractivity contribution < 1.29 is 24.2 Å². The van der Waals surface area contributed by atoms with Gasteiger partial charge in [-0.05, 0) is 74.6 Å². The molecule has 0 radical (unpaired) electrons.